The van der Waals surface area contributed by atoms with E-state index in [1.807, 2.05) is 25.6 Å². The minimum absolute atomic E-state index is 0.469. The summed E-state index contributed by atoms with van der Waals surface area (Å²) in [5, 5.41) is 3.02. The highest BCUT2D eigenvalue weighted by Gasteiger charge is 2.19. The lowest BCUT2D eigenvalue weighted by molar-refractivity contribution is 0.260. The summed E-state index contributed by atoms with van der Waals surface area (Å²) < 4.78 is 2.28. The van der Waals surface area contributed by atoms with Crippen LogP contribution < -0.4 is 5.32 Å². The molecule has 25 heavy (non-hydrogen) atoms. The number of anilines is 1. The van der Waals surface area contributed by atoms with Crippen molar-refractivity contribution < 1.29 is 0 Å². The number of likely N-dealkylation sites (tertiary alicyclic amines) is 1. The number of aromatic nitrogens is 4. The first-order valence-corrected chi connectivity index (χ1v) is 9.38. The second-order valence-electron chi connectivity index (χ2n) is 7.26. The normalized spacial score (nSPS) is 19.1. The molecule has 1 aliphatic heterocycles. The molecule has 0 amide bonds. The van der Waals surface area contributed by atoms with E-state index in [1.165, 1.54) is 25.1 Å². The van der Waals surface area contributed by atoms with Gasteiger partial charge in [0.15, 0.2) is 0 Å². The molecule has 6 nitrogen and oxygen atoms in total. The Hall–Kier alpha value is -1.95. The SMILES string of the molecule is CNc1cnc(C[C@@H]2CCCN(Cc3nccn3C(C)C)CC2)cn1. The lowest BCUT2D eigenvalue weighted by atomic mass is 9.95. The quantitative estimate of drug-likeness (QED) is 0.874. The third-order valence-electron chi connectivity index (χ3n) is 5.07. The highest BCUT2D eigenvalue weighted by atomic mass is 15.2. The topological polar surface area (TPSA) is 58.9 Å². The molecule has 1 fully saturated rings. The molecule has 0 aromatic carbocycles. The fourth-order valence-electron chi connectivity index (χ4n) is 3.61. The number of hydrogen-bond donors (Lipinski definition) is 1. The summed E-state index contributed by atoms with van der Waals surface area (Å²) in [5.41, 5.74) is 1.10. The van der Waals surface area contributed by atoms with E-state index in [4.69, 9.17) is 0 Å². The molecular formula is C19H30N6. The smallest absolute Gasteiger partial charge is 0.144 e. The lowest BCUT2D eigenvalue weighted by Crippen LogP contribution is -2.26. The van der Waals surface area contributed by atoms with Crippen LogP contribution in [0.3, 0.4) is 0 Å². The Labute approximate surface area is 150 Å². The predicted molar refractivity (Wildman–Crippen MR) is 101 cm³/mol. The van der Waals surface area contributed by atoms with E-state index in [0.29, 0.717) is 12.0 Å². The van der Waals surface area contributed by atoms with Gasteiger partial charge in [-0.05, 0) is 58.5 Å². The molecule has 136 valence electrons. The zero-order chi connectivity index (χ0) is 17.6. The van der Waals surface area contributed by atoms with Crippen LogP contribution in [0.5, 0.6) is 0 Å². The predicted octanol–water partition coefficient (Wildman–Crippen LogP) is 3.14. The molecule has 2 aromatic rings. The Kier molecular flexibility index (Phi) is 6.02. The fourth-order valence-corrected chi connectivity index (χ4v) is 3.61. The lowest BCUT2D eigenvalue weighted by Gasteiger charge is -2.21. The molecule has 0 spiro atoms. The van der Waals surface area contributed by atoms with Gasteiger partial charge < -0.3 is 9.88 Å². The van der Waals surface area contributed by atoms with Crippen LogP contribution in [-0.4, -0.2) is 44.6 Å². The van der Waals surface area contributed by atoms with Gasteiger partial charge in [-0.25, -0.2) is 9.97 Å². The van der Waals surface area contributed by atoms with Crippen molar-refractivity contribution in [2.45, 2.75) is 52.1 Å². The summed E-state index contributed by atoms with van der Waals surface area (Å²) in [6.45, 7) is 7.67. The molecule has 3 heterocycles. The van der Waals surface area contributed by atoms with E-state index in [9.17, 15) is 0 Å². The van der Waals surface area contributed by atoms with Crippen molar-refractivity contribution in [3.63, 3.8) is 0 Å². The number of imidazole rings is 1. The summed E-state index contributed by atoms with van der Waals surface area (Å²) in [6.07, 6.45) is 12.5. The highest BCUT2D eigenvalue weighted by Crippen LogP contribution is 2.22. The minimum atomic E-state index is 0.469. The monoisotopic (exact) mass is 342 g/mol. The summed E-state index contributed by atoms with van der Waals surface area (Å²) in [4.78, 5) is 16.0. The largest absolute Gasteiger partial charge is 0.372 e. The van der Waals surface area contributed by atoms with Gasteiger partial charge in [-0.2, -0.15) is 0 Å². The van der Waals surface area contributed by atoms with Crippen molar-refractivity contribution in [3.05, 3.63) is 36.3 Å². The first-order valence-electron chi connectivity index (χ1n) is 9.38. The Morgan fingerprint density at radius 3 is 2.76 bits per heavy atom. The Balaban J connectivity index is 1.54. The molecule has 6 heteroatoms. The van der Waals surface area contributed by atoms with Crippen LogP contribution in [0.15, 0.2) is 24.8 Å². The van der Waals surface area contributed by atoms with Crippen LogP contribution in [0.25, 0.3) is 0 Å². The number of nitrogens with zero attached hydrogens (tertiary/aromatic N) is 5. The first kappa shape index (κ1) is 17.9. The molecular weight excluding hydrogens is 312 g/mol. The molecule has 1 N–H and O–H groups in total. The van der Waals surface area contributed by atoms with Crippen molar-refractivity contribution in [3.8, 4) is 0 Å². The fraction of sp³-hybridized carbons (Fsp3) is 0.632. The van der Waals surface area contributed by atoms with Crippen LogP contribution in [0.2, 0.25) is 0 Å². The molecule has 1 atom stereocenters. The van der Waals surface area contributed by atoms with E-state index >= 15 is 0 Å². The Morgan fingerprint density at radius 2 is 2.04 bits per heavy atom. The van der Waals surface area contributed by atoms with E-state index in [-0.39, 0.29) is 0 Å². The van der Waals surface area contributed by atoms with E-state index in [0.717, 1.165) is 37.6 Å². The summed E-state index contributed by atoms with van der Waals surface area (Å²) in [7, 11) is 1.87. The van der Waals surface area contributed by atoms with Gasteiger partial charge in [-0.1, -0.05) is 0 Å². The van der Waals surface area contributed by atoms with Crippen molar-refractivity contribution in [2.24, 2.45) is 5.92 Å². The zero-order valence-electron chi connectivity index (χ0n) is 15.6. The zero-order valence-corrected chi connectivity index (χ0v) is 15.6. The van der Waals surface area contributed by atoms with E-state index in [2.05, 4.69) is 49.8 Å². The van der Waals surface area contributed by atoms with Crippen LogP contribution in [0, 0.1) is 5.92 Å². The van der Waals surface area contributed by atoms with Gasteiger partial charge in [0.05, 0.1) is 24.6 Å². The van der Waals surface area contributed by atoms with Gasteiger partial charge >= 0.3 is 0 Å². The molecule has 3 rings (SSSR count). The molecule has 0 bridgehead atoms. The summed E-state index contributed by atoms with van der Waals surface area (Å²) in [6, 6.07) is 0.469. The van der Waals surface area contributed by atoms with Crippen LogP contribution in [0.1, 0.15) is 50.7 Å². The molecule has 2 aromatic heterocycles. The number of rotatable bonds is 6. The number of nitrogens with one attached hydrogen (secondary N) is 1. The van der Waals surface area contributed by atoms with Gasteiger partial charge in [0.1, 0.15) is 11.6 Å². The van der Waals surface area contributed by atoms with E-state index in [1.54, 1.807) is 0 Å². The minimum Gasteiger partial charge on any atom is -0.372 e. The van der Waals surface area contributed by atoms with Gasteiger partial charge in [-0.15, -0.1) is 0 Å². The molecule has 1 aliphatic rings. The average Bonchev–Trinajstić information content (AvgIpc) is 2.97. The van der Waals surface area contributed by atoms with E-state index < -0.39 is 0 Å². The Bertz CT molecular complexity index is 648. The maximum atomic E-state index is 4.56. The maximum Gasteiger partial charge on any atom is 0.144 e. The molecule has 0 aliphatic carbocycles. The average molecular weight is 342 g/mol. The highest BCUT2D eigenvalue weighted by molar-refractivity contribution is 5.29. The second-order valence-corrected chi connectivity index (χ2v) is 7.26. The third kappa shape index (κ3) is 4.78. The maximum absolute atomic E-state index is 4.56. The van der Waals surface area contributed by atoms with Gasteiger partial charge in [0.25, 0.3) is 0 Å². The summed E-state index contributed by atoms with van der Waals surface area (Å²) >= 11 is 0. The van der Waals surface area contributed by atoms with Gasteiger partial charge in [0.2, 0.25) is 0 Å². The number of hydrogen-bond acceptors (Lipinski definition) is 5. The molecule has 0 saturated carbocycles. The summed E-state index contributed by atoms with van der Waals surface area (Å²) in [5.74, 6) is 2.71. The van der Waals surface area contributed by atoms with Crippen molar-refractivity contribution >= 4 is 5.82 Å². The third-order valence-corrected chi connectivity index (χ3v) is 5.07. The molecule has 0 unspecified atom stereocenters. The van der Waals surface area contributed by atoms with Crippen LogP contribution >= 0.6 is 0 Å². The van der Waals surface area contributed by atoms with Gasteiger partial charge in [-0.3, -0.25) is 9.88 Å². The first-order chi connectivity index (χ1) is 12.2. The molecule has 1 saturated heterocycles. The van der Waals surface area contributed by atoms with Crippen molar-refractivity contribution in [1.29, 1.82) is 0 Å². The van der Waals surface area contributed by atoms with Crippen LogP contribution in [-0.2, 0) is 13.0 Å². The van der Waals surface area contributed by atoms with Gasteiger partial charge in [0, 0.05) is 25.5 Å². The Morgan fingerprint density at radius 1 is 1.16 bits per heavy atom. The van der Waals surface area contributed by atoms with Crippen molar-refractivity contribution in [2.75, 3.05) is 25.5 Å². The standard InChI is InChI=1S/C19H30N6/c1-15(2)25-10-7-21-19(25)14-24-8-4-5-16(6-9-24)11-17-12-23-18(20-3)13-22-17/h7,10,12-13,15-16H,4-6,8-9,11,14H2,1-3H3,(H,20,23)/t16-/m1/s1. The van der Waals surface area contributed by atoms with Crippen LogP contribution in [0.4, 0.5) is 5.82 Å². The molecule has 0 radical (unpaired) electrons. The second kappa shape index (κ2) is 8.43. The van der Waals surface area contributed by atoms with Crippen molar-refractivity contribution in [1.82, 2.24) is 24.4 Å².